The molecule has 0 radical (unpaired) electrons. The van der Waals surface area contributed by atoms with Crippen molar-refractivity contribution < 1.29 is 4.42 Å². The van der Waals surface area contributed by atoms with E-state index >= 15 is 0 Å². The van der Waals surface area contributed by atoms with E-state index in [1.54, 1.807) is 12.5 Å². The quantitative estimate of drug-likeness (QED) is 0.783. The Hall–Kier alpha value is -1.36. The summed E-state index contributed by atoms with van der Waals surface area (Å²) < 4.78 is 8.85. The zero-order valence-electron chi connectivity index (χ0n) is 6.23. The van der Waals surface area contributed by atoms with Crippen molar-refractivity contribution in [2.45, 2.75) is 6.54 Å². The second-order valence-corrected chi connectivity index (χ2v) is 3.00. The van der Waals surface area contributed by atoms with Gasteiger partial charge in [-0.15, -0.1) is 5.10 Å². The summed E-state index contributed by atoms with van der Waals surface area (Å²) in [6, 6.07) is 3.78. The Labute approximate surface area is 73.4 Å². The number of anilines is 1. The summed E-state index contributed by atoms with van der Waals surface area (Å²) in [4.78, 5) is 0. The molecule has 0 amide bonds. The Balaban J connectivity index is 1.91. The van der Waals surface area contributed by atoms with Crippen LogP contribution < -0.4 is 5.32 Å². The molecule has 0 atom stereocenters. The molecule has 2 heterocycles. The van der Waals surface area contributed by atoms with E-state index < -0.39 is 0 Å². The van der Waals surface area contributed by atoms with Crippen LogP contribution in [0.4, 0.5) is 5.00 Å². The van der Waals surface area contributed by atoms with Gasteiger partial charge in [0.2, 0.25) is 0 Å². The maximum absolute atomic E-state index is 5.13. The van der Waals surface area contributed by atoms with Crippen LogP contribution in [0.2, 0.25) is 0 Å². The lowest BCUT2D eigenvalue weighted by Crippen LogP contribution is -1.95. The van der Waals surface area contributed by atoms with Gasteiger partial charge < -0.3 is 9.73 Å². The van der Waals surface area contributed by atoms with Crippen molar-refractivity contribution in [2.24, 2.45) is 0 Å². The fourth-order valence-electron chi connectivity index (χ4n) is 0.832. The molecule has 0 aliphatic rings. The maximum atomic E-state index is 5.13. The third-order valence-electron chi connectivity index (χ3n) is 1.38. The second-order valence-electron chi connectivity index (χ2n) is 2.21. The van der Waals surface area contributed by atoms with E-state index in [0.29, 0.717) is 6.54 Å². The van der Waals surface area contributed by atoms with Gasteiger partial charge in [0.1, 0.15) is 10.8 Å². The van der Waals surface area contributed by atoms with Crippen molar-refractivity contribution in [1.82, 2.24) is 9.59 Å². The van der Waals surface area contributed by atoms with Crippen LogP contribution in [0.5, 0.6) is 0 Å². The van der Waals surface area contributed by atoms with Crippen LogP contribution in [0.25, 0.3) is 0 Å². The van der Waals surface area contributed by atoms with Gasteiger partial charge in [-0.25, -0.2) is 0 Å². The highest BCUT2D eigenvalue weighted by Crippen LogP contribution is 2.11. The Bertz CT molecular complexity index is 282. The first kappa shape index (κ1) is 7.30. The minimum atomic E-state index is 0.677. The topological polar surface area (TPSA) is 51.0 Å². The summed E-state index contributed by atoms with van der Waals surface area (Å²) in [6.45, 7) is 0.677. The van der Waals surface area contributed by atoms with E-state index in [0.717, 1.165) is 10.8 Å². The van der Waals surface area contributed by atoms with Crippen molar-refractivity contribution in [3.63, 3.8) is 0 Å². The zero-order valence-corrected chi connectivity index (χ0v) is 7.04. The van der Waals surface area contributed by atoms with Gasteiger partial charge in [0.15, 0.2) is 0 Å². The molecule has 2 rings (SSSR count). The summed E-state index contributed by atoms with van der Waals surface area (Å²) in [5, 5.41) is 7.77. The van der Waals surface area contributed by atoms with Crippen LogP contribution in [0.15, 0.2) is 29.0 Å². The van der Waals surface area contributed by atoms with Gasteiger partial charge in [0, 0.05) is 11.5 Å². The third-order valence-corrected chi connectivity index (χ3v) is 2.00. The van der Waals surface area contributed by atoms with Gasteiger partial charge in [-0.2, -0.15) is 0 Å². The third kappa shape index (κ3) is 1.62. The second kappa shape index (κ2) is 3.36. The predicted octanol–water partition coefficient (Wildman–Crippen LogP) is 1.74. The average molecular weight is 181 g/mol. The molecule has 0 aliphatic heterocycles. The Morgan fingerprint density at radius 3 is 3.25 bits per heavy atom. The number of nitrogens with one attached hydrogen (secondary N) is 1. The summed E-state index contributed by atoms with van der Waals surface area (Å²) in [6.07, 6.45) is 3.34. The monoisotopic (exact) mass is 181 g/mol. The lowest BCUT2D eigenvalue weighted by Gasteiger charge is -1.96. The van der Waals surface area contributed by atoms with Crippen LogP contribution in [0.1, 0.15) is 5.76 Å². The minimum Gasteiger partial charge on any atom is -0.467 e. The minimum absolute atomic E-state index is 0.677. The highest BCUT2D eigenvalue weighted by Gasteiger charge is 1.96. The zero-order chi connectivity index (χ0) is 8.23. The van der Waals surface area contributed by atoms with Crippen molar-refractivity contribution in [3.05, 3.63) is 30.4 Å². The summed E-state index contributed by atoms with van der Waals surface area (Å²) in [5.41, 5.74) is 0. The van der Waals surface area contributed by atoms with E-state index in [2.05, 4.69) is 14.9 Å². The van der Waals surface area contributed by atoms with Crippen LogP contribution in [0.3, 0.4) is 0 Å². The van der Waals surface area contributed by atoms with E-state index in [1.165, 1.54) is 11.5 Å². The average Bonchev–Trinajstić information content (AvgIpc) is 2.74. The van der Waals surface area contributed by atoms with Gasteiger partial charge in [0.05, 0.1) is 19.0 Å². The van der Waals surface area contributed by atoms with Crippen molar-refractivity contribution in [2.75, 3.05) is 5.32 Å². The van der Waals surface area contributed by atoms with Gasteiger partial charge in [-0.3, -0.25) is 0 Å². The number of hydrogen-bond donors (Lipinski definition) is 1. The fourth-order valence-corrected chi connectivity index (χ4v) is 1.25. The molecule has 2 aromatic heterocycles. The Morgan fingerprint density at radius 1 is 1.58 bits per heavy atom. The summed E-state index contributed by atoms with van der Waals surface area (Å²) >= 11 is 1.33. The number of hydrogen-bond acceptors (Lipinski definition) is 5. The molecule has 4 nitrogen and oxygen atoms in total. The van der Waals surface area contributed by atoms with E-state index in [4.69, 9.17) is 4.42 Å². The van der Waals surface area contributed by atoms with Gasteiger partial charge in [-0.05, 0) is 12.1 Å². The van der Waals surface area contributed by atoms with Crippen molar-refractivity contribution in [1.29, 1.82) is 0 Å². The Kier molecular flexibility index (Phi) is 2.04. The standard InChI is InChI=1S/C7H7N3OS/c1-2-6(11-3-1)4-8-7-5-9-10-12-7/h1-3,5,8H,4H2. The number of furan rings is 1. The molecule has 0 bridgehead atoms. The summed E-state index contributed by atoms with van der Waals surface area (Å²) in [5.74, 6) is 0.906. The largest absolute Gasteiger partial charge is 0.467 e. The molecule has 1 N–H and O–H groups in total. The molecule has 5 heteroatoms. The summed E-state index contributed by atoms with van der Waals surface area (Å²) in [7, 11) is 0. The molecule has 0 unspecified atom stereocenters. The molecule has 0 fully saturated rings. The molecular weight excluding hydrogens is 174 g/mol. The lowest BCUT2D eigenvalue weighted by molar-refractivity contribution is 0.518. The molecule has 0 saturated carbocycles. The van der Waals surface area contributed by atoms with Crippen LogP contribution in [-0.2, 0) is 6.54 Å². The highest BCUT2D eigenvalue weighted by atomic mass is 32.1. The van der Waals surface area contributed by atoms with Crippen LogP contribution in [-0.4, -0.2) is 9.59 Å². The molecule has 0 aliphatic carbocycles. The van der Waals surface area contributed by atoms with Crippen LogP contribution >= 0.6 is 11.5 Å². The molecule has 0 saturated heterocycles. The van der Waals surface area contributed by atoms with E-state index in [-0.39, 0.29) is 0 Å². The van der Waals surface area contributed by atoms with Gasteiger partial charge in [-0.1, -0.05) is 4.49 Å². The first-order chi connectivity index (χ1) is 5.95. The molecule has 12 heavy (non-hydrogen) atoms. The van der Waals surface area contributed by atoms with Crippen molar-refractivity contribution >= 4 is 16.5 Å². The van der Waals surface area contributed by atoms with Crippen molar-refractivity contribution in [3.8, 4) is 0 Å². The fraction of sp³-hybridized carbons (Fsp3) is 0.143. The normalized spacial score (nSPS) is 10.0. The van der Waals surface area contributed by atoms with Gasteiger partial charge in [0.25, 0.3) is 0 Å². The molecule has 2 aromatic rings. The molecular formula is C7H7N3OS. The lowest BCUT2D eigenvalue weighted by atomic mass is 10.4. The SMILES string of the molecule is c1coc(CNc2cnns2)c1. The predicted molar refractivity (Wildman–Crippen MR) is 45.9 cm³/mol. The number of nitrogens with zero attached hydrogens (tertiary/aromatic N) is 2. The number of aromatic nitrogens is 2. The Morgan fingerprint density at radius 2 is 2.58 bits per heavy atom. The van der Waals surface area contributed by atoms with Gasteiger partial charge >= 0.3 is 0 Å². The van der Waals surface area contributed by atoms with E-state index in [1.807, 2.05) is 12.1 Å². The van der Waals surface area contributed by atoms with E-state index in [9.17, 15) is 0 Å². The van der Waals surface area contributed by atoms with Crippen LogP contribution in [0, 0.1) is 0 Å². The molecule has 0 aromatic carbocycles. The maximum Gasteiger partial charge on any atom is 0.130 e. The highest BCUT2D eigenvalue weighted by molar-refractivity contribution is 7.09. The number of rotatable bonds is 3. The molecule has 0 spiro atoms. The first-order valence-corrected chi connectivity index (χ1v) is 4.26. The smallest absolute Gasteiger partial charge is 0.130 e. The first-order valence-electron chi connectivity index (χ1n) is 3.49. The molecule has 62 valence electrons.